The number of para-hydroxylation sites is 1. The third kappa shape index (κ3) is 6.15. The van der Waals surface area contributed by atoms with Crippen molar-refractivity contribution in [1.29, 1.82) is 0 Å². The molecule has 0 aromatic heterocycles. The molecule has 2 aliphatic rings. The van der Waals surface area contributed by atoms with Crippen molar-refractivity contribution in [1.82, 2.24) is 16.0 Å². The fourth-order valence-corrected chi connectivity index (χ4v) is 3.90. The zero-order valence-electron chi connectivity index (χ0n) is 16.4. The maximum absolute atomic E-state index is 12.1. The molecular weight excluding hydrogens is 338 g/mol. The third-order valence-corrected chi connectivity index (χ3v) is 5.32. The maximum atomic E-state index is 12.1. The van der Waals surface area contributed by atoms with E-state index in [0.717, 1.165) is 44.9 Å². The molecule has 1 aliphatic carbocycles. The molecular formula is C21H33N5O. The minimum Gasteiger partial charge on any atom is -0.369 e. The quantitative estimate of drug-likeness (QED) is 0.508. The van der Waals surface area contributed by atoms with Crippen molar-refractivity contribution in [3.05, 3.63) is 30.3 Å². The van der Waals surface area contributed by atoms with Gasteiger partial charge in [-0.25, -0.2) is 0 Å². The highest BCUT2D eigenvalue weighted by molar-refractivity contribution is 5.81. The number of rotatable bonds is 7. The zero-order chi connectivity index (χ0) is 18.9. The van der Waals surface area contributed by atoms with Crippen LogP contribution in [0.3, 0.4) is 0 Å². The number of amides is 1. The Labute approximate surface area is 162 Å². The second kappa shape index (κ2) is 10.2. The molecule has 1 aromatic rings. The molecule has 1 atom stereocenters. The summed E-state index contributed by atoms with van der Waals surface area (Å²) in [5, 5.41) is 9.95. The molecule has 0 radical (unpaired) electrons. The summed E-state index contributed by atoms with van der Waals surface area (Å²) in [7, 11) is 0. The average Bonchev–Trinajstić information content (AvgIpc) is 3.35. The number of hydrogen-bond acceptors (Lipinski definition) is 3. The Morgan fingerprint density at radius 2 is 1.89 bits per heavy atom. The van der Waals surface area contributed by atoms with E-state index in [1.165, 1.54) is 18.5 Å². The third-order valence-electron chi connectivity index (χ3n) is 5.32. The highest BCUT2D eigenvalue weighted by atomic mass is 16.1. The van der Waals surface area contributed by atoms with Gasteiger partial charge in [0, 0.05) is 43.8 Å². The Morgan fingerprint density at radius 3 is 2.63 bits per heavy atom. The van der Waals surface area contributed by atoms with Gasteiger partial charge in [0.15, 0.2) is 5.96 Å². The van der Waals surface area contributed by atoms with Crippen LogP contribution in [0.5, 0.6) is 0 Å². The molecule has 0 bridgehead atoms. The van der Waals surface area contributed by atoms with E-state index in [-0.39, 0.29) is 5.91 Å². The van der Waals surface area contributed by atoms with Gasteiger partial charge >= 0.3 is 0 Å². The lowest BCUT2D eigenvalue weighted by atomic mass is 10.2. The first-order chi connectivity index (χ1) is 13.2. The van der Waals surface area contributed by atoms with Gasteiger partial charge in [-0.15, -0.1) is 0 Å². The predicted octanol–water partition coefficient (Wildman–Crippen LogP) is 2.27. The Morgan fingerprint density at radius 1 is 1.11 bits per heavy atom. The molecule has 27 heavy (non-hydrogen) atoms. The van der Waals surface area contributed by atoms with Gasteiger partial charge in [0.05, 0.1) is 6.54 Å². The molecule has 1 aliphatic heterocycles. The number of nitrogens with zero attached hydrogens (tertiary/aromatic N) is 2. The van der Waals surface area contributed by atoms with E-state index >= 15 is 0 Å². The average molecular weight is 372 g/mol. The molecule has 2 fully saturated rings. The number of aliphatic imine (C=N–C) groups is 1. The van der Waals surface area contributed by atoms with Crippen LogP contribution in [0.4, 0.5) is 5.69 Å². The zero-order valence-corrected chi connectivity index (χ0v) is 16.4. The Hall–Kier alpha value is -2.24. The summed E-state index contributed by atoms with van der Waals surface area (Å²) >= 11 is 0. The number of nitrogens with one attached hydrogen (secondary N) is 3. The van der Waals surface area contributed by atoms with Gasteiger partial charge in [-0.1, -0.05) is 31.0 Å². The second-order valence-corrected chi connectivity index (χ2v) is 7.47. The van der Waals surface area contributed by atoms with Gasteiger partial charge in [0.2, 0.25) is 5.91 Å². The van der Waals surface area contributed by atoms with Crippen LogP contribution in [-0.2, 0) is 4.79 Å². The van der Waals surface area contributed by atoms with E-state index in [9.17, 15) is 4.79 Å². The second-order valence-electron chi connectivity index (χ2n) is 7.47. The smallest absolute Gasteiger partial charge is 0.222 e. The van der Waals surface area contributed by atoms with Crippen LogP contribution in [0.25, 0.3) is 0 Å². The monoisotopic (exact) mass is 371 g/mol. The lowest BCUT2D eigenvalue weighted by molar-refractivity contribution is -0.121. The molecule has 148 valence electrons. The molecule has 6 heteroatoms. The van der Waals surface area contributed by atoms with Crippen molar-refractivity contribution in [3.8, 4) is 0 Å². The van der Waals surface area contributed by atoms with Crippen molar-refractivity contribution >= 4 is 17.6 Å². The van der Waals surface area contributed by atoms with Crippen LogP contribution in [0.2, 0.25) is 0 Å². The van der Waals surface area contributed by atoms with Gasteiger partial charge in [0.25, 0.3) is 0 Å². The summed E-state index contributed by atoms with van der Waals surface area (Å²) in [5.41, 5.74) is 1.27. The largest absolute Gasteiger partial charge is 0.369 e. The predicted molar refractivity (Wildman–Crippen MR) is 111 cm³/mol. The molecule has 1 saturated heterocycles. The van der Waals surface area contributed by atoms with Crippen LogP contribution in [-0.4, -0.2) is 50.1 Å². The van der Waals surface area contributed by atoms with E-state index < -0.39 is 0 Å². The minimum atomic E-state index is 0.123. The van der Waals surface area contributed by atoms with Crippen molar-refractivity contribution in [3.63, 3.8) is 0 Å². The Balaban J connectivity index is 1.44. The van der Waals surface area contributed by atoms with Crippen LogP contribution in [0, 0.1) is 0 Å². The first-order valence-electron chi connectivity index (χ1n) is 10.4. The van der Waals surface area contributed by atoms with Crippen molar-refractivity contribution in [2.75, 3.05) is 31.1 Å². The molecule has 1 aromatic carbocycles. The van der Waals surface area contributed by atoms with Crippen LogP contribution in [0.1, 0.15) is 45.4 Å². The summed E-state index contributed by atoms with van der Waals surface area (Å²) in [5.74, 6) is 0.934. The van der Waals surface area contributed by atoms with Gasteiger partial charge < -0.3 is 20.9 Å². The standard InChI is InChI=1S/C21H33N5O/c1-2-22-21(23-14-12-20(27)24-17-8-6-7-9-17)25-18-13-15-26(16-18)19-10-4-3-5-11-19/h3-5,10-11,17-18H,2,6-9,12-16H2,1H3,(H,24,27)(H2,22,23,25). The van der Waals surface area contributed by atoms with Gasteiger partial charge in [-0.05, 0) is 38.3 Å². The van der Waals surface area contributed by atoms with E-state index in [1.54, 1.807) is 0 Å². The molecule has 1 saturated carbocycles. The molecule has 1 heterocycles. The molecule has 0 spiro atoms. The van der Waals surface area contributed by atoms with Crippen molar-refractivity contribution < 1.29 is 4.79 Å². The topological polar surface area (TPSA) is 68.8 Å². The fourth-order valence-electron chi connectivity index (χ4n) is 3.90. The normalized spacial score (nSPS) is 20.7. The highest BCUT2D eigenvalue weighted by Crippen LogP contribution is 2.19. The van der Waals surface area contributed by atoms with Gasteiger partial charge in [-0.2, -0.15) is 0 Å². The van der Waals surface area contributed by atoms with E-state index in [1.807, 2.05) is 6.07 Å². The summed E-state index contributed by atoms with van der Waals surface area (Å²) in [6.07, 6.45) is 6.25. The number of benzene rings is 1. The maximum Gasteiger partial charge on any atom is 0.222 e. The molecule has 3 N–H and O–H groups in total. The van der Waals surface area contributed by atoms with Gasteiger partial charge in [0.1, 0.15) is 0 Å². The van der Waals surface area contributed by atoms with Crippen LogP contribution < -0.4 is 20.9 Å². The van der Waals surface area contributed by atoms with E-state index in [4.69, 9.17) is 0 Å². The Kier molecular flexibility index (Phi) is 7.36. The number of anilines is 1. The summed E-state index contributed by atoms with van der Waals surface area (Å²) in [6.45, 7) is 5.41. The van der Waals surface area contributed by atoms with Gasteiger partial charge in [-0.3, -0.25) is 9.79 Å². The Bertz CT molecular complexity index is 612. The number of carbonyl (C=O) groups excluding carboxylic acids is 1. The highest BCUT2D eigenvalue weighted by Gasteiger charge is 2.23. The summed E-state index contributed by atoms with van der Waals surface area (Å²) in [4.78, 5) is 19.1. The van der Waals surface area contributed by atoms with Crippen LogP contribution in [0.15, 0.2) is 35.3 Å². The first-order valence-corrected chi connectivity index (χ1v) is 10.4. The summed E-state index contributed by atoms with van der Waals surface area (Å²) < 4.78 is 0. The first kappa shape index (κ1) is 19.5. The summed E-state index contributed by atoms with van der Waals surface area (Å²) in [6, 6.07) is 11.3. The van der Waals surface area contributed by atoms with Crippen LogP contribution >= 0.6 is 0 Å². The molecule has 1 amide bonds. The molecule has 1 unspecified atom stereocenters. The van der Waals surface area contributed by atoms with Crippen molar-refractivity contribution in [2.45, 2.75) is 57.5 Å². The number of hydrogen-bond donors (Lipinski definition) is 3. The minimum absolute atomic E-state index is 0.123. The number of guanidine groups is 1. The molecule has 6 nitrogen and oxygen atoms in total. The lowest BCUT2D eigenvalue weighted by Crippen LogP contribution is -2.44. The SMILES string of the molecule is CCNC(=NCCC(=O)NC1CCCC1)NC1CCN(c2ccccc2)C1. The van der Waals surface area contributed by atoms with Crippen molar-refractivity contribution in [2.24, 2.45) is 4.99 Å². The van der Waals surface area contributed by atoms with E-state index in [2.05, 4.69) is 57.0 Å². The lowest BCUT2D eigenvalue weighted by Gasteiger charge is -2.20. The van der Waals surface area contributed by atoms with E-state index in [0.29, 0.717) is 25.0 Å². The molecule has 3 rings (SSSR count). The number of carbonyl (C=O) groups is 1. The fraction of sp³-hybridized carbons (Fsp3) is 0.619.